The van der Waals surface area contributed by atoms with Crippen molar-refractivity contribution in [3.8, 4) is 5.69 Å². The molecule has 7 nitrogen and oxygen atoms in total. The molecule has 0 aliphatic heterocycles. The van der Waals surface area contributed by atoms with Gasteiger partial charge in [0.05, 0.1) is 29.6 Å². The lowest BCUT2D eigenvalue weighted by molar-refractivity contribution is 0.0601. The van der Waals surface area contributed by atoms with E-state index in [1.807, 2.05) is 36.5 Å². The quantitative estimate of drug-likeness (QED) is 0.658. The average Bonchev–Trinajstić information content (AvgIpc) is 3.17. The fourth-order valence-electron chi connectivity index (χ4n) is 2.40. The van der Waals surface area contributed by atoms with Crippen LogP contribution in [0.15, 0.2) is 60.9 Å². The number of para-hydroxylation sites is 1. The van der Waals surface area contributed by atoms with Gasteiger partial charge in [-0.15, -0.1) is 0 Å². The second kappa shape index (κ2) is 8.37. The first kappa shape index (κ1) is 18.5. The maximum Gasteiger partial charge on any atom is 0.339 e. The first-order chi connectivity index (χ1) is 13.1. The van der Waals surface area contributed by atoms with Gasteiger partial charge in [-0.1, -0.05) is 29.8 Å². The highest BCUT2D eigenvalue weighted by atomic mass is 35.5. The van der Waals surface area contributed by atoms with E-state index in [0.29, 0.717) is 12.2 Å². The van der Waals surface area contributed by atoms with Crippen molar-refractivity contribution in [1.29, 1.82) is 0 Å². The predicted molar refractivity (Wildman–Crippen MR) is 102 cm³/mol. The Morgan fingerprint density at radius 1 is 1.19 bits per heavy atom. The molecule has 0 aliphatic rings. The highest BCUT2D eigenvalue weighted by Crippen LogP contribution is 2.21. The van der Waals surface area contributed by atoms with Crippen molar-refractivity contribution < 1.29 is 14.3 Å². The monoisotopic (exact) mass is 384 g/mol. The highest BCUT2D eigenvalue weighted by Gasteiger charge is 2.12. The number of benzene rings is 2. The number of ether oxygens (including phenoxy) is 1. The zero-order chi connectivity index (χ0) is 19.2. The first-order valence-corrected chi connectivity index (χ1v) is 8.46. The van der Waals surface area contributed by atoms with Crippen molar-refractivity contribution in [2.24, 2.45) is 0 Å². The molecule has 3 rings (SSSR count). The van der Waals surface area contributed by atoms with Gasteiger partial charge in [-0.3, -0.25) is 0 Å². The molecule has 0 saturated carbocycles. The summed E-state index contributed by atoms with van der Waals surface area (Å²) >= 11 is 5.96. The fourth-order valence-corrected chi connectivity index (χ4v) is 2.60. The van der Waals surface area contributed by atoms with E-state index in [2.05, 4.69) is 20.5 Å². The van der Waals surface area contributed by atoms with Crippen LogP contribution in [0.5, 0.6) is 0 Å². The van der Waals surface area contributed by atoms with Crippen molar-refractivity contribution in [2.45, 2.75) is 6.54 Å². The molecule has 0 atom stereocenters. The van der Waals surface area contributed by atoms with Gasteiger partial charge < -0.3 is 15.4 Å². The topological polar surface area (TPSA) is 85.2 Å². The minimum Gasteiger partial charge on any atom is -0.465 e. The average molecular weight is 385 g/mol. The Kier molecular flexibility index (Phi) is 5.73. The molecular weight excluding hydrogens is 368 g/mol. The number of methoxy groups -OCH3 is 1. The van der Waals surface area contributed by atoms with Crippen molar-refractivity contribution >= 4 is 29.3 Å². The Morgan fingerprint density at radius 2 is 1.96 bits per heavy atom. The van der Waals surface area contributed by atoms with Crippen molar-refractivity contribution in [2.75, 3.05) is 12.4 Å². The van der Waals surface area contributed by atoms with Crippen LogP contribution in [0.1, 0.15) is 15.9 Å². The third-order valence-electron chi connectivity index (χ3n) is 3.74. The molecule has 1 aromatic heterocycles. The number of esters is 1. The maximum absolute atomic E-state index is 12.1. The summed E-state index contributed by atoms with van der Waals surface area (Å²) in [6, 6.07) is 13.8. The third kappa shape index (κ3) is 4.65. The van der Waals surface area contributed by atoms with Gasteiger partial charge in [0.25, 0.3) is 0 Å². The molecule has 0 saturated heterocycles. The van der Waals surface area contributed by atoms with Crippen LogP contribution in [0.2, 0.25) is 5.02 Å². The molecule has 27 heavy (non-hydrogen) atoms. The van der Waals surface area contributed by atoms with Crippen LogP contribution >= 0.6 is 11.6 Å². The molecule has 0 spiro atoms. The van der Waals surface area contributed by atoms with Crippen LogP contribution < -0.4 is 10.6 Å². The number of hydrogen-bond acceptors (Lipinski definition) is 4. The molecular formula is C19H17ClN4O3. The second-order valence-electron chi connectivity index (χ2n) is 5.62. The van der Waals surface area contributed by atoms with Crippen LogP contribution in [0.25, 0.3) is 5.69 Å². The Morgan fingerprint density at radius 3 is 2.70 bits per heavy atom. The Balaban J connectivity index is 1.59. The standard InChI is InChI=1S/C19H17ClN4O3/c1-27-18(25)16-9-14(7-8-17(16)20)23-19(26)21-10-13-11-22-24(12-13)15-5-3-2-4-6-15/h2-9,11-12H,10H2,1H3,(H2,21,23,26). The minimum absolute atomic E-state index is 0.182. The van der Waals surface area contributed by atoms with Crippen molar-refractivity contribution in [3.63, 3.8) is 0 Å². The van der Waals surface area contributed by atoms with Crippen molar-refractivity contribution in [3.05, 3.63) is 77.1 Å². The second-order valence-corrected chi connectivity index (χ2v) is 6.03. The number of hydrogen-bond donors (Lipinski definition) is 2. The zero-order valence-corrected chi connectivity index (χ0v) is 15.2. The molecule has 0 radical (unpaired) electrons. The number of carbonyl (C=O) groups excluding carboxylic acids is 2. The van der Waals surface area contributed by atoms with Gasteiger partial charge in [-0.2, -0.15) is 5.10 Å². The molecule has 8 heteroatoms. The SMILES string of the molecule is COC(=O)c1cc(NC(=O)NCc2cnn(-c3ccccc3)c2)ccc1Cl. The van der Waals surface area contributed by atoms with Gasteiger partial charge in [-0.05, 0) is 30.3 Å². The van der Waals surface area contributed by atoms with Gasteiger partial charge in [0.2, 0.25) is 0 Å². The summed E-state index contributed by atoms with van der Waals surface area (Å²) in [7, 11) is 1.26. The maximum atomic E-state index is 12.1. The number of anilines is 1. The lowest BCUT2D eigenvalue weighted by atomic mass is 10.2. The number of carbonyl (C=O) groups is 2. The smallest absolute Gasteiger partial charge is 0.339 e. The molecule has 2 amide bonds. The van der Waals surface area contributed by atoms with Crippen LogP contribution in [-0.4, -0.2) is 28.9 Å². The van der Waals surface area contributed by atoms with Crippen LogP contribution in [-0.2, 0) is 11.3 Å². The number of nitrogens with one attached hydrogen (secondary N) is 2. The fraction of sp³-hybridized carbons (Fsp3) is 0.105. The lowest BCUT2D eigenvalue weighted by Crippen LogP contribution is -2.28. The van der Waals surface area contributed by atoms with E-state index in [4.69, 9.17) is 11.6 Å². The molecule has 0 aliphatic carbocycles. The molecule has 138 valence electrons. The molecule has 1 heterocycles. The summed E-state index contributed by atoms with van der Waals surface area (Å²) in [5.74, 6) is -0.572. The largest absolute Gasteiger partial charge is 0.465 e. The van der Waals surface area contributed by atoms with Crippen molar-refractivity contribution in [1.82, 2.24) is 15.1 Å². The number of rotatable bonds is 5. The van der Waals surface area contributed by atoms with Gasteiger partial charge in [0.1, 0.15) is 0 Å². The zero-order valence-electron chi connectivity index (χ0n) is 14.5. The van der Waals surface area contributed by atoms with E-state index in [1.165, 1.54) is 19.2 Å². The molecule has 2 N–H and O–H groups in total. The Labute approximate surface area is 160 Å². The predicted octanol–water partition coefficient (Wildman–Crippen LogP) is 3.63. The number of aromatic nitrogens is 2. The lowest BCUT2D eigenvalue weighted by Gasteiger charge is -2.09. The van der Waals surface area contributed by atoms with Gasteiger partial charge in [-0.25, -0.2) is 14.3 Å². The number of urea groups is 1. The van der Waals surface area contributed by atoms with Crippen LogP contribution in [0.4, 0.5) is 10.5 Å². The molecule has 0 unspecified atom stereocenters. The van der Waals surface area contributed by atoms with E-state index in [1.54, 1.807) is 16.9 Å². The summed E-state index contributed by atoms with van der Waals surface area (Å²) in [6.45, 7) is 0.302. The van der Waals surface area contributed by atoms with E-state index >= 15 is 0 Å². The van der Waals surface area contributed by atoms with E-state index in [0.717, 1.165) is 11.3 Å². The number of nitrogens with zero attached hydrogens (tertiary/aromatic N) is 2. The van der Waals surface area contributed by atoms with Crippen LogP contribution in [0, 0.1) is 0 Å². The summed E-state index contributed by atoms with van der Waals surface area (Å²) in [5, 5.41) is 9.92. The normalized spacial score (nSPS) is 10.3. The van der Waals surface area contributed by atoms with Crippen LogP contribution in [0.3, 0.4) is 0 Å². The van der Waals surface area contributed by atoms with Gasteiger partial charge in [0, 0.05) is 24.0 Å². The first-order valence-electron chi connectivity index (χ1n) is 8.08. The van der Waals surface area contributed by atoms with E-state index in [9.17, 15) is 9.59 Å². The summed E-state index contributed by atoms with van der Waals surface area (Å²) < 4.78 is 6.39. The summed E-state index contributed by atoms with van der Waals surface area (Å²) in [6.07, 6.45) is 3.53. The number of amides is 2. The van der Waals surface area contributed by atoms with E-state index < -0.39 is 12.0 Å². The van der Waals surface area contributed by atoms with Gasteiger partial charge >= 0.3 is 12.0 Å². The molecule has 2 aromatic carbocycles. The molecule has 3 aromatic rings. The Hall–Kier alpha value is -3.32. The molecule has 0 fully saturated rings. The summed E-state index contributed by atoms with van der Waals surface area (Å²) in [4.78, 5) is 23.8. The third-order valence-corrected chi connectivity index (χ3v) is 4.07. The number of halogens is 1. The highest BCUT2D eigenvalue weighted by molar-refractivity contribution is 6.33. The minimum atomic E-state index is -0.572. The molecule has 0 bridgehead atoms. The van der Waals surface area contributed by atoms with E-state index in [-0.39, 0.29) is 10.6 Å². The Bertz CT molecular complexity index is 957. The summed E-state index contributed by atoms with van der Waals surface area (Å²) in [5.41, 5.74) is 2.39. The van der Waals surface area contributed by atoms with Gasteiger partial charge in [0.15, 0.2) is 0 Å².